The Morgan fingerprint density at radius 3 is 1.56 bits per heavy atom. The quantitative estimate of drug-likeness (QED) is 0.711. The lowest BCUT2D eigenvalue weighted by Crippen LogP contribution is -2.10. The summed E-state index contributed by atoms with van der Waals surface area (Å²) in [5, 5.41) is 6.29. The molecule has 0 radical (unpaired) electrons. The second-order valence-corrected chi connectivity index (χ2v) is 3.42. The molecule has 0 bridgehead atoms. The molecule has 3 nitrogen and oxygen atoms in total. The molecule has 16 heavy (non-hydrogen) atoms. The van der Waals surface area contributed by atoms with Crippen LogP contribution in [0.5, 0.6) is 0 Å². The molecule has 1 aromatic rings. The van der Waals surface area contributed by atoms with Crippen LogP contribution in [0.25, 0.3) is 0 Å². The number of benzene rings is 1. The molecule has 0 atom stereocenters. The first-order chi connectivity index (χ1) is 7.80. The molecular formula is C13H25N3. The smallest absolute Gasteiger partial charge is 0.0202 e. The molecule has 4 N–H and O–H groups in total. The molecule has 1 rings (SSSR count). The van der Waals surface area contributed by atoms with Crippen LogP contribution in [0.4, 0.5) is 0 Å². The Morgan fingerprint density at radius 2 is 1.25 bits per heavy atom. The number of nitrogens with one attached hydrogen (secondary N) is 2. The first-order valence-electron chi connectivity index (χ1n) is 5.91. The van der Waals surface area contributed by atoms with Gasteiger partial charge in [0.15, 0.2) is 0 Å². The highest BCUT2D eigenvalue weighted by Crippen LogP contribution is 2.10. The van der Waals surface area contributed by atoms with E-state index >= 15 is 0 Å². The Labute approximate surface area is 99.4 Å². The third-order valence-corrected chi connectivity index (χ3v) is 2.11. The van der Waals surface area contributed by atoms with Crippen LogP contribution in [0, 0.1) is 0 Å². The van der Waals surface area contributed by atoms with Gasteiger partial charge in [0, 0.05) is 19.6 Å². The minimum atomic E-state index is 0.605. The van der Waals surface area contributed by atoms with Gasteiger partial charge in [0.25, 0.3) is 0 Å². The maximum atomic E-state index is 5.64. The predicted molar refractivity (Wildman–Crippen MR) is 71.2 cm³/mol. The van der Waals surface area contributed by atoms with Crippen LogP contribution in [0.3, 0.4) is 0 Å². The van der Waals surface area contributed by atoms with Crippen LogP contribution in [0.1, 0.15) is 30.5 Å². The molecule has 0 saturated heterocycles. The number of hydrogen-bond donors (Lipinski definition) is 3. The van der Waals surface area contributed by atoms with E-state index in [0.717, 1.165) is 13.1 Å². The lowest BCUT2D eigenvalue weighted by atomic mass is 10.1. The highest BCUT2D eigenvalue weighted by molar-refractivity contribution is 5.30. The SMILES string of the molecule is CC.CNCc1cc(CN)cc(CNC)c1. The van der Waals surface area contributed by atoms with E-state index in [4.69, 9.17) is 5.73 Å². The molecule has 0 aliphatic carbocycles. The van der Waals surface area contributed by atoms with E-state index in [0.29, 0.717) is 6.54 Å². The highest BCUT2D eigenvalue weighted by atomic mass is 14.8. The second kappa shape index (κ2) is 9.33. The molecule has 0 aromatic heterocycles. The monoisotopic (exact) mass is 223 g/mol. The molecule has 0 aliphatic rings. The van der Waals surface area contributed by atoms with Gasteiger partial charge in [0.2, 0.25) is 0 Å². The molecule has 0 aliphatic heterocycles. The summed E-state index contributed by atoms with van der Waals surface area (Å²) >= 11 is 0. The number of nitrogens with two attached hydrogens (primary N) is 1. The van der Waals surface area contributed by atoms with Crippen LogP contribution in [-0.4, -0.2) is 14.1 Å². The third kappa shape index (κ3) is 5.26. The van der Waals surface area contributed by atoms with Crippen molar-refractivity contribution >= 4 is 0 Å². The molecule has 0 unspecified atom stereocenters. The van der Waals surface area contributed by atoms with Crippen LogP contribution >= 0.6 is 0 Å². The van der Waals surface area contributed by atoms with Crippen molar-refractivity contribution in [1.82, 2.24) is 10.6 Å². The van der Waals surface area contributed by atoms with Gasteiger partial charge < -0.3 is 16.4 Å². The summed E-state index contributed by atoms with van der Waals surface area (Å²) in [4.78, 5) is 0. The Morgan fingerprint density at radius 1 is 0.875 bits per heavy atom. The minimum absolute atomic E-state index is 0.605. The van der Waals surface area contributed by atoms with Gasteiger partial charge in [-0.1, -0.05) is 32.0 Å². The lowest BCUT2D eigenvalue weighted by Gasteiger charge is -2.08. The Hall–Kier alpha value is -0.900. The van der Waals surface area contributed by atoms with Crippen molar-refractivity contribution in [2.24, 2.45) is 5.73 Å². The second-order valence-electron chi connectivity index (χ2n) is 3.42. The molecular weight excluding hydrogens is 198 g/mol. The van der Waals surface area contributed by atoms with Gasteiger partial charge in [-0.3, -0.25) is 0 Å². The zero-order chi connectivity index (χ0) is 12.4. The fraction of sp³-hybridized carbons (Fsp3) is 0.538. The molecule has 0 saturated carbocycles. The van der Waals surface area contributed by atoms with E-state index in [2.05, 4.69) is 28.8 Å². The first-order valence-corrected chi connectivity index (χ1v) is 5.91. The number of rotatable bonds is 5. The molecule has 0 amide bonds. The summed E-state index contributed by atoms with van der Waals surface area (Å²) in [6.07, 6.45) is 0. The maximum Gasteiger partial charge on any atom is 0.0202 e. The van der Waals surface area contributed by atoms with E-state index in [1.165, 1.54) is 16.7 Å². The van der Waals surface area contributed by atoms with Gasteiger partial charge in [0.05, 0.1) is 0 Å². The van der Waals surface area contributed by atoms with Crippen molar-refractivity contribution in [2.75, 3.05) is 14.1 Å². The molecule has 0 fully saturated rings. The normalized spacial score (nSPS) is 9.56. The average Bonchev–Trinajstić information content (AvgIpc) is 2.32. The van der Waals surface area contributed by atoms with E-state index in [-0.39, 0.29) is 0 Å². The highest BCUT2D eigenvalue weighted by Gasteiger charge is 1.99. The summed E-state index contributed by atoms with van der Waals surface area (Å²) < 4.78 is 0. The largest absolute Gasteiger partial charge is 0.326 e. The Bertz CT molecular complexity index is 260. The van der Waals surface area contributed by atoms with Crippen molar-refractivity contribution in [3.63, 3.8) is 0 Å². The molecule has 0 heterocycles. The van der Waals surface area contributed by atoms with Crippen molar-refractivity contribution in [3.8, 4) is 0 Å². The Balaban J connectivity index is 0.00000106. The van der Waals surface area contributed by atoms with Crippen LogP contribution in [0.2, 0.25) is 0 Å². The van der Waals surface area contributed by atoms with Crippen molar-refractivity contribution < 1.29 is 0 Å². The van der Waals surface area contributed by atoms with Crippen LogP contribution < -0.4 is 16.4 Å². The third-order valence-electron chi connectivity index (χ3n) is 2.11. The number of hydrogen-bond acceptors (Lipinski definition) is 3. The van der Waals surface area contributed by atoms with E-state index in [9.17, 15) is 0 Å². The molecule has 92 valence electrons. The Kier molecular flexibility index (Phi) is 8.81. The van der Waals surface area contributed by atoms with E-state index < -0.39 is 0 Å². The summed E-state index contributed by atoms with van der Waals surface area (Å²) in [7, 11) is 3.90. The van der Waals surface area contributed by atoms with Crippen molar-refractivity contribution in [3.05, 3.63) is 34.9 Å². The van der Waals surface area contributed by atoms with Crippen LogP contribution in [-0.2, 0) is 19.6 Å². The lowest BCUT2D eigenvalue weighted by molar-refractivity contribution is 0.793. The van der Waals surface area contributed by atoms with Gasteiger partial charge in [-0.15, -0.1) is 0 Å². The van der Waals surface area contributed by atoms with Crippen molar-refractivity contribution in [2.45, 2.75) is 33.5 Å². The van der Waals surface area contributed by atoms with Crippen LogP contribution in [0.15, 0.2) is 18.2 Å². The molecule has 1 aromatic carbocycles. The van der Waals surface area contributed by atoms with Gasteiger partial charge in [-0.05, 0) is 30.8 Å². The first kappa shape index (κ1) is 15.1. The summed E-state index contributed by atoms with van der Waals surface area (Å²) in [5.74, 6) is 0. The van der Waals surface area contributed by atoms with Gasteiger partial charge in [-0.25, -0.2) is 0 Å². The predicted octanol–water partition coefficient (Wildman–Crippen LogP) is 1.61. The zero-order valence-electron chi connectivity index (χ0n) is 10.9. The zero-order valence-corrected chi connectivity index (χ0v) is 10.9. The maximum absolute atomic E-state index is 5.64. The van der Waals surface area contributed by atoms with Gasteiger partial charge >= 0.3 is 0 Å². The molecule has 3 heteroatoms. The van der Waals surface area contributed by atoms with E-state index in [1.807, 2.05) is 27.9 Å². The van der Waals surface area contributed by atoms with E-state index in [1.54, 1.807) is 0 Å². The fourth-order valence-electron chi connectivity index (χ4n) is 1.57. The standard InChI is InChI=1S/C11H19N3.C2H6/c1-13-7-10-3-9(6-12)4-11(5-10)8-14-2;1-2/h3-5,13-14H,6-8,12H2,1-2H3;1-2H3. The summed E-state index contributed by atoms with van der Waals surface area (Å²) in [6.45, 7) is 6.39. The summed E-state index contributed by atoms with van der Waals surface area (Å²) in [6, 6.07) is 6.50. The average molecular weight is 223 g/mol. The minimum Gasteiger partial charge on any atom is -0.326 e. The summed E-state index contributed by atoms with van der Waals surface area (Å²) in [5.41, 5.74) is 9.42. The van der Waals surface area contributed by atoms with Gasteiger partial charge in [-0.2, -0.15) is 0 Å². The van der Waals surface area contributed by atoms with Gasteiger partial charge in [0.1, 0.15) is 0 Å². The molecule has 0 spiro atoms. The van der Waals surface area contributed by atoms with Crippen molar-refractivity contribution in [1.29, 1.82) is 0 Å². The topological polar surface area (TPSA) is 50.1 Å². The fourth-order valence-corrected chi connectivity index (χ4v) is 1.57.